The molecular formula is C20H25N3O2. The third kappa shape index (κ3) is 4.79. The van der Waals surface area contributed by atoms with E-state index in [0.717, 1.165) is 43.4 Å². The summed E-state index contributed by atoms with van der Waals surface area (Å²) >= 11 is 0. The van der Waals surface area contributed by atoms with Gasteiger partial charge in [-0.2, -0.15) is 0 Å². The van der Waals surface area contributed by atoms with Crippen molar-refractivity contribution < 1.29 is 9.90 Å². The fraction of sp³-hybridized carbons (Fsp3) is 0.400. The molecule has 1 aromatic heterocycles. The molecule has 1 aliphatic carbocycles. The van der Waals surface area contributed by atoms with E-state index in [1.807, 2.05) is 30.3 Å². The second-order valence-electron chi connectivity index (χ2n) is 6.73. The van der Waals surface area contributed by atoms with E-state index in [2.05, 4.69) is 15.6 Å². The number of rotatable bonds is 6. The van der Waals surface area contributed by atoms with Gasteiger partial charge in [0.15, 0.2) is 0 Å². The number of anilines is 1. The van der Waals surface area contributed by atoms with Crippen LogP contribution in [0.2, 0.25) is 0 Å². The van der Waals surface area contributed by atoms with E-state index in [-0.39, 0.29) is 5.91 Å². The summed E-state index contributed by atoms with van der Waals surface area (Å²) in [5.41, 5.74) is 1.66. The van der Waals surface area contributed by atoms with Crippen LogP contribution in [0.4, 0.5) is 5.69 Å². The minimum atomic E-state index is -0.758. The fourth-order valence-electron chi connectivity index (χ4n) is 3.26. The van der Waals surface area contributed by atoms with E-state index in [1.54, 1.807) is 18.5 Å². The summed E-state index contributed by atoms with van der Waals surface area (Å²) in [5.74, 6) is -0.159. The molecule has 0 spiro atoms. The summed E-state index contributed by atoms with van der Waals surface area (Å²) in [6.45, 7) is 0.908. The van der Waals surface area contributed by atoms with Gasteiger partial charge in [-0.05, 0) is 36.6 Å². The molecule has 5 heteroatoms. The number of aliphatic hydroxyl groups is 1. The van der Waals surface area contributed by atoms with Crippen LogP contribution in [0.3, 0.4) is 0 Å². The van der Waals surface area contributed by atoms with Gasteiger partial charge in [0.2, 0.25) is 0 Å². The molecule has 0 atom stereocenters. The minimum absolute atomic E-state index is 0.159. The highest BCUT2D eigenvalue weighted by atomic mass is 16.3. The summed E-state index contributed by atoms with van der Waals surface area (Å²) in [4.78, 5) is 16.7. The van der Waals surface area contributed by atoms with Crippen molar-refractivity contribution in [1.29, 1.82) is 0 Å². The molecule has 5 nitrogen and oxygen atoms in total. The fourth-order valence-corrected chi connectivity index (χ4v) is 3.26. The highest BCUT2D eigenvalue weighted by Gasteiger charge is 2.29. The molecule has 1 aliphatic rings. The zero-order valence-corrected chi connectivity index (χ0v) is 14.4. The summed E-state index contributed by atoms with van der Waals surface area (Å²) < 4.78 is 0. The molecule has 1 amide bonds. The first-order valence-corrected chi connectivity index (χ1v) is 8.89. The van der Waals surface area contributed by atoms with Gasteiger partial charge in [-0.15, -0.1) is 0 Å². The van der Waals surface area contributed by atoms with Crippen molar-refractivity contribution in [2.24, 2.45) is 0 Å². The number of amides is 1. The van der Waals surface area contributed by atoms with Crippen LogP contribution < -0.4 is 10.6 Å². The maximum Gasteiger partial charge on any atom is 0.253 e. The average Bonchev–Trinajstić information content (AvgIpc) is 2.66. The van der Waals surface area contributed by atoms with E-state index >= 15 is 0 Å². The Morgan fingerprint density at radius 3 is 2.68 bits per heavy atom. The van der Waals surface area contributed by atoms with E-state index in [9.17, 15) is 9.90 Å². The van der Waals surface area contributed by atoms with Crippen LogP contribution in [0.15, 0.2) is 48.8 Å². The van der Waals surface area contributed by atoms with E-state index in [1.165, 1.54) is 0 Å². The van der Waals surface area contributed by atoms with Crippen LogP contribution >= 0.6 is 0 Å². The third-order valence-electron chi connectivity index (χ3n) is 4.74. The number of benzene rings is 1. The van der Waals surface area contributed by atoms with Gasteiger partial charge in [-0.25, -0.2) is 0 Å². The van der Waals surface area contributed by atoms with Crippen molar-refractivity contribution in [3.8, 4) is 0 Å². The first-order valence-electron chi connectivity index (χ1n) is 8.89. The maximum absolute atomic E-state index is 12.6. The largest absolute Gasteiger partial charge is 0.388 e. The maximum atomic E-state index is 12.6. The third-order valence-corrected chi connectivity index (χ3v) is 4.74. The van der Waals surface area contributed by atoms with Crippen molar-refractivity contribution in [3.63, 3.8) is 0 Å². The summed E-state index contributed by atoms with van der Waals surface area (Å²) in [5, 5.41) is 16.8. The molecule has 0 unspecified atom stereocenters. The van der Waals surface area contributed by atoms with E-state index in [0.29, 0.717) is 18.7 Å². The number of hydrogen-bond donors (Lipinski definition) is 3. The molecule has 3 N–H and O–H groups in total. The molecule has 1 saturated carbocycles. The standard InChI is InChI=1S/C20H25N3O2/c24-19(23-15-20(25)10-4-1-5-11-20)17-8-2-3-9-18(17)22-14-16-7-6-12-21-13-16/h2-3,6-9,12-13,22,25H,1,4-5,10-11,14-15H2,(H,23,24). The summed E-state index contributed by atoms with van der Waals surface area (Å²) in [6.07, 6.45) is 8.26. The number of para-hydroxylation sites is 1. The van der Waals surface area contributed by atoms with Crippen LogP contribution in [0, 0.1) is 0 Å². The first kappa shape index (κ1) is 17.4. The number of nitrogens with one attached hydrogen (secondary N) is 2. The van der Waals surface area contributed by atoms with Crippen LogP contribution in [-0.2, 0) is 6.54 Å². The molecule has 0 saturated heterocycles. The number of carbonyl (C=O) groups excluding carboxylic acids is 1. The lowest BCUT2D eigenvalue weighted by Crippen LogP contribution is -2.44. The van der Waals surface area contributed by atoms with Crippen LogP contribution in [0.5, 0.6) is 0 Å². The average molecular weight is 339 g/mol. The van der Waals surface area contributed by atoms with Crippen molar-refractivity contribution in [1.82, 2.24) is 10.3 Å². The van der Waals surface area contributed by atoms with Crippen molar-refractivity contribution in [3.05, 3.63) is 59.9 Å². The molecule has 1 aromatic carbocycles. The van der Waals surface area contributed by atoms with Gasteiger partial charge in [0.05, 0.1) is 11.2 Å². The molecule has 2 aromatic rings. The van der Waals surface area contributed by atoms with Gasteiger partial charge in [0.1, 0.15) is 0 Å². The molecule has 0 aliphatic heterocycles. The Kier molecular flexibility index (Phi) is 5.66. The number of carbonyl (C=O) groups is 1. The molecular weight excluding hydrogens is 314 g/mol. The summed E-state index contributed by atoms with van der Waals surface area (Å²) in [7, 11) is 0. The van der Waals surface area contributed by atoms with Crippen molar-refractivity contribution >= 4 is 11.6 Å². The quantitative estimate of drug-likeness (QED) is 0.756. The number of aromatic nitrogens is 1. The van der Waals surface area contributed by atoms with Gasteiger partial charge in [-0.3, -0.25) is 9.78 Å². The van der Waals surface area contributed by atoms with Crippen LogP contribution in [0.1, 0.15) is 48.0 Å². The predicted octanol–water partition coefficient (Wildman–Crippen LogP) is 3.12. The van der Waals surface area contributed by atoms with Crippen LogP contribution in [0.25, 0.3) is 0 Å². The van der Waals surface area contributed by atoms with Crippen molar-refractivity contribution in [2.75, 3.05) is 11.9 Å². The molecule has 0 radical (unpaired) electrons. The predicted molar refractivity (Wildman–Crippen MR) is 98.4 cm³/mol. The smallest absolute Gasteiger partial charge is 0.253 e. The molecule has 1 heterocycles. The molecule has 132 valence electrons. The lowest BCUT2D eigenvalue weighted by molar-refractivity contribution is 0.00526. The normalized spacial score (nSPS) is 16.2. The monoisotopic (exact) mass is 339 g/mol. The second-order valence-corrected chi connectivity index (χ2v) is 6.73. The Morgan fingerprint density at radius 2 is 1.92 bits per heavy atom. The number of pyridine rings is 1. The Labute approximate surface area is 148 Å². The van der Waals surface area contributed by atoms with Gasteiger partial charge in [0, 0.05) is 31.2 Å². The van der Waals surface area contributed by atoms with Crippen LogP contribution in [-0.4, -0.2) is 28.1 Å². The highest BCUT2D eigenvalue weighted by molar-refractivity contribution is 5.99. The SMILES string of the molecule is O=C(NCC1(O)CCCCC1)c1ccccc1NCc1cccnc1. The zero-order valence-electron chi connectivity index (χ0n) is 14.4. The highest BCUT2D eigenvalue weighted by Crippen LogP contribution is 2.27. The van der Waals surface area contributed by atoms with Gasteiger partial charge in [0.25, 0.3) is 5.91 Å². The Hall–Kier alpha value is -2.40. The lowest BCUT2D eigenvalue weighted by atomic mass is 9.85. The van der Waals surface area contributed by atoms with E-state index in [4.69, 9.17) is 0 Å². The van der Waals surface area contributed by atoms with Gasteiger partial charge < -0.3 is 15.7 Å². The number of hydrogen-bond acceptors (Lipinski definition) is 4. The Morgan fingerprint density at radius 1 is 1.12 bits per heavy atom. The Bertz CT molecular complexity index is 697. The Balaban J connectivity index is 1.62. The lowest BCUT2D eigenvalue weighted by Gasteiger charge is -2.32. The second kappa shape index (κ2) is 8.12. The van der Waals surface area contributed by atoms with Gasteiger partial charge >= 0.3 is 0 Å². The van der Waals surface area contributed by atoms with E-state index < -0.39 is 5.60 Å². The molecule has 25 heavy (non-hydrogen) atoms. The summed E-state index contributed by atoms with van der Waals surface area (Å²) in [6, 6.07) is 11.3. The molecule has 3 rings (SSSR count). The van der Waals surface area contributed by atoms with Crippen molar-refractivity contribution in [2.45, 2.75) is 44.2 Å². The minimum Gasteiger partial charge on any atom is -0.388 e. The topological polar surface area (TPSA) is 74.2 Å². The molecule has 0 bridgehead atoms. The first-order chi connectivity index (χ1) is 12.2. The molecule has 1 fully saturated rings. The van der Waals surface area contributed by atoms with Gasteiger partial charge in [-0.1, -0.05) is 37.5 Å². The zero-order chi connectivity index (χ0) is 17.5. The number of nitrogens with zero attached hydrogens (tertiary/aromatic N) is 1.